The summed E-state index contributed by atoms with van der Waals surface area (Å²) in [5, 5.41) is 0. The van der Waals surface area contributed by atoms with Crippen molar-refractivity contribution in [2.75, 3.05) is 0 Å². The Morgan fingerprint density at radius 3 is 1.94 bits per heavy atom. The molecule has 1 aliphatic carbocycles. The van der Waals surface area contributed by atoms with Crippen molar-refractivity contribution in [2.24, 2.45) is 17.8 Å². The van der Waals surface area contributed by atoms with Crippen molar-refractivity contribution in [3.63, 3.8) is 0 Å². The summed E-state index contributed by atoms with van der Waals surface area (Å²) in [6.07, 6.45) is 20.4. The third kappa shape index (κ3) is 10.2. The average molecular weight is 461 g/mol. The molecule has 0 spiro atoms. The van der Waals surface area contributed by atoms with Crippen LogP contribution in [0.15, 0.2) is 60.7 Å². The number of aryl methyl sites for hydroxylation is 2. The molecule has 0 bridgehead atoms. The molecule has 1 aliphatic rings. The maximum atomic E-state index is 12.0. The molecule has 2 aromatic rings. The second-order valence-electron chi connectivity index (χ2n) is 10.8. The molecule has 0 unspecified atom stereocenters. The highest BCUT2D eigenvalue weighted by molar-refractivity contribution is 5.80. The van der Waals surface area contributed by atoms with Gasteiger partial charge in [0.25, 0.3) is 0 Å². The lowest BCUT2D eigenvalue weighted by Gasteiger charge is -2.29. The van der Waals surface area contributed by atoms with E-state index in [1.54, 1.807) is 0 Å². The molecular weight excluding hydrogens is 412 g/mol. The predicted molar refractivity (Wildman–Crippen MR) is 146 cm³/mol. The molecule has 3 rings (SSSR count). The summed E-state index contributed by atoms with van der Waals surface area (Å²) in [7, 11) is 0. The van der Waals surface area contributed by atoms with Gasteiger partial charge in [-0.3, -0.25) is 4.79 Å². The molecule has 1 atom stereocenters. The fourth-order valence-electron chi connectivity index (χ4n) is 5.92. The SMILES string of the molecule is CCC(=O)C1CCC(CC[C@@H](CCCCCCCc2ccccc2)CCc2ccccc2)CC1. The Bertz CT molecular complexity index is 773. The second-order valence-corrected chi connectivity index (χ2v) is 10.8. The normalized spacial score (nSPS) is 19.1. The van der Waals surface area contributed by atoms with E-state index in [0.29, 0.717) is 11.7 Å². The summed E-state index contributed by atoms with van der Waals surface area (Å²) >= 11 is 0. The highest BCUT2D eigenvalue weighted by Crippen LogP contribution is 2.34. The van der Waals surface area contributed by atoms with Crippen molar-refractivity contribution in [3.8, 4) is 0 Å². The minimum atomic E-state index is 0.372. The molecule has 2 aromatic carbocycles. The summed E-state index contributed by atoms with van der Waals surface area (Å²) in [6, 6.07) is 22.0. The summed E-state index contributed by atoms with van der Waals surface area (Å²) in [5.41, 5.74) is 2.98. The zero-order chi connectivity index (χ0) is 23.8. The molecule has 0 heterocycles. The van der Waals surface area contributed by atoms with Crippen LogP contribution in [0.2, 0.25) is 0 Å². The van der Waals surface area contributed by atoms with E-state index in [1.165, 1.54) is 94.6 Å². The number of hydrogen-bond donors (Lipinski definition) is 0. The molecule has 1 saturated carbocycles. The van der Waals surface area contributed by atoms with Gasteiger partial charge in [0, 0.05) is 12.3 Å². The van der Waals surface area contributed by atoms with Gasteiger partial charge < -0.3 is 0 Å². The lowest BCUT2D eigenvalue weighted by atomic mass is 9.76. The maximum Gasteiger partial charge on any atom is 0.135 e. The van der Waals surface area contributed by atoms with Crippen molar-refractivity contribution >= 4 is 5.78 Å². The predicted octanol–water partition coefficient (Wildman–Crippen LogP) is 9.38. The largest absolute Gasteiger partial charge is 0.299 e. The zero-order valence-electron chi connectivity index (χ0n) is 21.7. The molecule has 0 aliphatic heterocycles. The summed E-state index contributed by atoms with van der Waals surface area (Å²) in [6.45, 7) is 2.02. The van der Waals surface area contributed by atoms with Crippen LogP contribution in [0, 0.1) is 17.8 Å². The van der Waals surface area contributed by atoms with E-state index >= 15 is 0 Å². The fourth-order valence-corrected chi connectivity index (χ4v) is 5.92. The van der Waals surface area contributed by atoms with Crippen LogP contribution in [-0.4, -0.2) is 5.78 Å². The zero-order valence-corrected chi connectivity index (χ0v) is 21.7. The van der Waals surface area contributed by atoms with Gasteiger partial charge in [-0.25, -0.2) is 0 Å². The number of carbonyl (C=O) groups excluding carboxylic acids is 1. The van der Waals surface area contributed by atoms with Crippen LogP contribution in [0.5, 0.6) is 0 Å². The fraction of sp³-hybridized carbons (Fsp3) is 0.606. The number of unbranched alkanes of at least 4 members (excludes halogenated alkanes) is 4. The number of ketones is 1. The van der Waals surface area contributed by atoms with Crippen molar-refractivity contribution in [2.45, 2.75) is 110 Å². The molecule has 186 valence electrons. The van der Waals surface area contributed by atoms with Gasteiger partial charge in [-0.05, 0) is 74.3 Å². The first-order valence-corrected chi connectivity index (χ1v) is 14.3. The first-order chi connectivity index (χ1) is 16.7. The second kappa shape index (κ2) is 15.9. The Morgan fingerprint density at radius 1 is 0.706 bits per heavy atom. The first kappa shape index (κ1) is 26.7. The number of rotatable bonds is 16. The van der Waals surface area contributed by atoms with E-state index in [0.717, 1.165) is 31.1 Å². The molecule has 0 aromatic heterocycles. The third-order valence-corrected chi connectivity index (χ3v) is 8.24. The van der Waals surface area contributed by atoms with Crippen molar-refractivity contribution in [1.29, 1.82) is 0 Å². The molecule has 0 radical (unpaired) electrons. The molecule has 1 heteroatoms. The van der Waals surface area contributed by atoms with E-state index in [2.05, 4.69) is 60.7 Å². The summed E-state index contributed by atoms with van der Waals surface area (Å²) in [5.74, 6) is 2.60. The van der Waals surface area contributed by atoms with Gasteiger partial charge in [0.15, 0.2) is 0 Å². The van der Waals surface area contributed by atoms with Gasteiger partial charge in [-0.1, -0.05) is 113 Å². The number of Topliss-reactive ketones (excluding diaryl/α,β-unsaturated/α-hetero) is 1. The van der Waals surface area contributed by atoms with Gasteiger partial charge in [0.1, 0.15) is 5.78 Å². The molecule has 0 amide bonds. The lowest BCUT2D eigenvalue weighted by molar-refractivity contribution is -0.123. The summed E-state index contributed by atoms with van der Waals surface area (Å²) in [4.78, 5) is 12.0. The van der Waals surface area contributed by atoms with Crippen LogP contribution in [0.3, 0.4) is 0 Å². The Hall–Kier alpha value is -1.89. The Kier molecular flexibility index (Phi) is 12.5. The van der Waals surface area contributed by atoms with E-state index < -0.39 is 0 Å². The first-order valence-electron chi connectivity index (χ1n) is 14.3. The van der Waals surface area contributed by atoms with E-state index in [-0.39, 0.29) is 0 Å². The number of benzene rings is 2. The minimum Gasteiger partial charge on any atom is -0.299 e. The van der Waals surface area contributed by atoms with Crippen molar-refractivity contribution < 1.29 is 4.79 Å². The molecule has 1 fully saturated rings. The monoisotopic (exact) mass is 460 g/mol. The van der Waals surface area contributed by atoms with Gasteiger partial charge in [0.2, 0.25) is 0 Å². The number of hydrogen-bond acceptors (Lipinski definition) is 1. The van der Waals surface area contributed by atoms with E-state index in [4.69, 9.17) is 0 Å². The maximum absolute atomic E-state index is 12.0. The molecular formula is C33H48O. The van der Waals surface area contributed by atoms with Gasteiger partial charge >= 0.3 is 0 Å². The minimum absolute atomic E-state index is 0.372. The summed E-state index contributed by atoms with van der Waals surface area (Å²) < 4.78 is 0. The van der Waals surface area contributed by atoms with Crippen LogP contribution in [0.1, 0.15) is 108 Å². The highest BCUT2D eigenvalue weighted by atomic mass is 16.1. The van der Waals surface area contributed by atoms with Crippen molar-refractivity contribution in [1.82, 2.24) is 0 Å². The quantitative estimate of drug-likeness (QED) is 0.228. The Balaban J connectivity index is 1.34. The smallest absolute Gasteiger partial charge is 0.135 e. The lowest BCUT2D eigenvalue weighted by Crippen LogP contribution is -2.21. The van der Waals surface area contributed by atoms with Crippen molar-refractivity contribution in [3.05, 3.63) is 71.8 Å². The highest BCUT2D eigenvalue weighted by Gasteiger charge is 2.25. The number of carbonyl (C=O) groups is 1. The van der Waals surface area contributed by atoms with Crippen LogP contribution in [-0.2, 0) is 17.6 Å². The van der Waals surface area contributed by atoms with Crippen LogP contribution >= 0.6 is 0 Å². The average Bonchev–Trinajstić information content (AvgIpc) is 2.90. The van der Waals surface area contributed by atoms with E-state index in [1.807, 2.05) is 6.92 Å². The molecule has 0 saturated heterocycles. The van der Waals surface area contributed by atoms with E-state index in [9.17, 15) is 4.79 Å². The van der Waals surface area contributed by atoms with Gasteiger partial charge in [-0.2, -0.15) is 0 Å². The molecule has 34 heavy (non-hydrogen) atoms. The molecule has 0 N–H and O–H groups in total. The van der Waals surface area contributed by atoms with Crippen LogP contribution < -0.4 is 0 Å². The van der Waals surface area contributed by atoms with Gasteiger partial charge in [-0.15, -0.1) is 0 Å². The standard InChI is InChI=1S/C33H48O/c1-2-33(34)32-26-24-31(25-27-32)23-22-30(21-20-29-17-12-7-13-18-29)19-9-5-3-4-8-14-28-15-10-6-11-16-28/h6-7,10-13,15-18,30-32H,2-5,8-9,14,19-27H2,1H3/t30-,31?,32?/m0/s1. The van der Waals surface area contributed by atoms with Crippen LogP contribution in [0.4, 0.5) is 0 Å². The Morgan fingerprint density at radius 2 is 1.29 bits per heavy atom. The Labute approximate surface area is 209 Å². The van der Waals surface area contributed by atoms with Crippen LogP contribution in [0.25, 0.3) is 0 Å². The van der Waals surface area contributed by atoms with Gasteiger partial charge in [0.05, 0.1) is 0 Å². The third-order valence-electron chi connectivity index (χ3n) is 8.24. The molecule has 1 nitrogen and oxygen atoms in total. The topological polar surface area (TPSA) is 17.1 Å².